The third-order valence-corrected chi connectivity index (χ3v) is 0.971. The summed E-state index contributed by atoms with van der Waals surface area (Å²) in [6.07, 6.45) is -5.08. The minimum absolute atomic E-state index is 0.0488. The highest BCUT2D eigenvalue weighted by Gasteiger charge is 2.38. The molecule has 3 N–H and O–H groups in total. The zero-order valence-corrected chi connectivity index (χ0v) is 8.98. The fraction of sp³-hybridized carbons (Fsp3) is 0.857. The van der Waals surface area contributed by atoms with E-state index in [0.29, 0.717) is 0 Å². The summed E-state index contributed by atoms with van der Waals surface area (Å²) in [4.78, 5) is 18.4. The molecule has 0 aromatic rings. The van der Waals surface area contributed by atoms with Crippen LogP contribution in [0.25, 0.3) is 0 Å². The largest absolute Gasteiger partial charge is 0.490 e. The number of halogens is 3. The van der Waals surface area contributed by atoms with Gasteiger partial charge in [0.15, 0.2) is 0 Å². The van der Waals surface area contributed by atoms with Crippen LogP contribution in [0, 0.1) is 0 Å². The average molecular weight is 265 g/mol. The lowest BCUT2D eigenvalue weighted by molar-refractivity contribution is -0.356. The predicted molar refractivity (Wildman–Crippen MR) is 47.5 cm³/mol. The quantitative estimate of drug-likeness (QED) is 0.551. The van der Waals surface area contributed by atoms with Crippen molar-refractivity contribution in [3.63, 3.8) is 0 Å². The zero-order valence-electron chi connectivity index (χ0n) is 8.98. The Morgan fingerprint density at radius 1 is 1.18 bits per heavy atom. The fourth-order valence-electron chi connectivity index (χ4n) is 0.376. The van der Waals surface area contributed by atoms with Gasteiger partial charge in [-0.3, -0.25) is 9.68 Å². The van der Waals surface area contributed by atoms with Gasteiger partial charge in [0.1, 0.15) is 0 Å². The minimum atomic E-state index is -5.08. The molecule has 104 valence electrons. The number of carbonyl (C=O) groups is 1. The molecule has 0 atom stereocenters. The fourth-order valence-corrected chi connectivity index (χ4v) is 0.376. The third kappa shape index (κ3) is 15.1. The van der Waals surface area contributed by atoms with Crippen LogP contribution in [0.3, 0.4) is 0 Å². The number of aliphatic carboxylic acids is 1. The summed E-state index contributed by atoms with van der Waals surface area (Å²) in [6.45, 7) is 0.295. The van der Waals surface area contributed by atoms with E-state index in [1.54, 1.807) is 7.05 Å². The highest BCUT2D eigenvalue weighted by Crippen LogP contribution is 2.13. The van der Waals surface area contributed by atoms with Crippen LogP contribution in [0.4, 0.5) is 13.2 Å². The van der Waals surface area contributed by atoms with E-state index in [9.17, 15) is 13.2 Å². The van der Waals surface area contributed by atoms with Crippen molar-refractivity contribution in [1.82, 2.24) is 5.23 Å². The summed E-state index contributed by atoms with van der Waals surface area (Å²) in [7, 11) is 1.55. The molecule has 0 spiro atoms. The topological polar surface area (TPSA) is 99.5 Å². The molecule has 0 radical (unpaired) electrons. The lowest BCUT2D eigenvalue weighted by atomic mass is 10.7. The van der Waals surface area contributed by atoms with Crippen molar-refractivity contribution in [2.24, 2.45) is 0 Å². The van der Waals surface area contributed by atoms with E-state index in [4.69, 9.17) is 29.8 Å². The van der Waals surface area contributed by atoms with Gasteiger partial charge in [-0.2, -0.15) is 13.2 Å². The smallest absolute Gasteiger partial charge is 0.475 e. The molecule has 17 heavy (non-hydrogen) atoms. The van der Waals surface area contributed by atoms with Crippen molar-refractivity contribution < 1.29 is 43.0 Å². The van der Waals surface area contributed by atoms with Crippen molar-refractivity contribution in [1.29, 1.82) is 0 Å². The van der Waals surface area contributed by atoms with Gasteiger partial charge in [-0.05, 0) is 0 Å². The van der Waals surface area contributed by atoms with Crippen molar-refractivity contribution in [3.8, 4) is 0 Å². The summed E-state index contributed by atoms with van der Waals surface area (Å²) in [5, 5.41) is 24.8. The van der Waals surface area contributed by atoms with Crippen LogP contribution in [0.5, 0.6) is 0 Å². The second-order valence-electron chi connectivity index (χ2n) is 2.36. The van der Waals surface area contributed by atoms with E-state index in [1.807, 2.05) is 0 Å². The number of aliphatic hydroxyl groups is 2. The van der Waals surface area contributed by atoms with Crippen molar-refractivity contribution in [2.75, 3.05) is 33.5 Å². The predicted octanol–water partition coefficient (Wildman–Crippen LogP) is -0.601. The monoisotopic (exact) mass is 265 g/mol. The lowest BCUT2D eigenvalue weighted by Crippen LogP contribution is -2.22. The van der Waals surface area contributed by atoms with Gasteiger partial charge in [-0.15, -0.1) is 0 Å². The van der Waals surface area contributed by atoms with Gasteiger partial charge in [-0.25, -0.2) is 4.79 Å². The molecule has 0 aromatic heterocycles. The maximum atomic E-state index is 10.6. The molecule has 0 aliphatic carbocycles. The first-order valence-electron chi connectivity index (χ1n) is 4.27. The van der Waals surface area contributed by atoms with Crippen LogP contribution in [-0.2, 0) is 14.5 Å². The Hall–Kier alpha value is -0.940. The third-order valence-electron chi connectivity index (χ3n) is 0.971. The molecule has 0 saturated carbocycles. The van der Waals surface area contributed by atoms with Crippen LogP contribution >= 0.6 is 0 Å². The lowest BCUT2D eigenvalue weighted by Gasteiger charge is -2.13. The number of hydroxylamine groups is 2. The van der Waals surface area contributed by atoms with Crippen LogP contribution < -0.4 is 0 Å². The van der Waals surface area contributed by atoms with Crippen LogP contribution in [-0.4, -0.2) is 66.2 Å². The SMILES string of the molecule is CN(OCCO)OCCO.O=C(O)C(F)(F)F. The normalized spacial score (nSPS) is 11.0. The molecule has 0 amide bonds. The number of hydrogen-bond donors (Lipinski definition) is 3. The van der Waals surface area contributed by atoms with Crippen LogP contribution in [0.1, 0.15) is 0 Å². The van der Waals surface area contributed by atoms with Crippen molar-refractivity contribution >= 4 is 5.97 Å². The second-order valence-corrected chi connectivity index (χ2v) is 2.36. The van der Waals surface area contributed by atoms with E-state index in [2.05, 4.69) is 0 Å². The number of hydrogen-bond acceptors (Lipinski definition) is 6. The van der Waals surface area contributed by atoms with E-state index in [0.717, 1.165) is 5.23 Å². The molecule has 0 unspecified atom stereocenters. The maximum Gasteiger partial charge on any atom is 0.490 e. The molecule has 0 heterocycles. The van der Waals surface area contributed by atoms with Gasteiger partial charge in [-0.1, -0.05) is 5.23 Å². The number of nitrogens with zero attached hydrogens (tertiary/aromatic N) is 1. The highest BCUT2D eigenvalue weighted by atomic mass is 19.4. The summed E-state index contributed by atoms with van der Waals surface area (Å²) in [5.74, 6) is -2.76. The first-order valence-corrected chi connectivity index (χ1v) is 4.27. The van der Waals surface area contributed by atoms with E-state index >= 15 is 0 Å². The van der Waals surface area contributed by atoms with E-state index < -0.39 is 12.1 Å². The maximum absolute atomic E-state index is 10.6. The molecule has 0 aliphatic heterocycles. The Morgan fingerprint density at radius 2 is 1.47 bits per heavy atom. The number of alkyl halides is 3. The van der Waals surface area contributed by atoms with Gasteiger partial charge in [0.05, 0.1) is 26.4 Å². The summed E-state index contributed by atoms with van der Waals surface area (Å²) in [5.41, 5.74) is 0. The van der Waals surface area contributed by atoms with Crippen LogP contribution in [0.15, 0.2) is 0 Å². The Balaban J connectivity index is 0. The Kier molecular flexibility index (Phi) is 11.1. The molecule has 0 bridgehead atoms. The summed E-state index contributed by atoms with van der Waals surface area (Å²) >= 11 is 0. The number of carboxylic acid groups (broad SMARTS) is 1. The Bertz CT molecular complexity index is 193. The Labute approximate surface area is 94.9 Å². The first-order chi connectivity index (χ1) is 7.75. The zero-order chi connectivity index (χ0) is 13.9. The molecular weight excluding hydrogens is 251 g/mol. The van der Waals surface area contributed by atoms with Crippen LogP contribution in [0.2, 0.25) is 0 Å². The van der Waals surface area contributed by atoms with Crippen molar-refractivity contribution in [2.45, 2.75) is 6.18 Å². The molecule has 0 saturated heterocycles. The molecular formula is C7H14F3NO6. The van der Waals surface area contributed by atoms with Gasteiger partial charge < -0.3 is 15.3 Å². The van der Waals surface area contributed by atoms with Gasteiger partial charge >= 0.3 is 12.1 Å². The van der Waals surface area contributed by atoms with Gasteiger partial charge in [0.25, 0.3) is 0 Å². The average Bonchev–Trinajstić information content (AvgIpc) is 2.23. The molecule has 0 fully saturated rings. The van der Waals surface area contributed by atoms with Gasteiger partial charge in [0, 0.05) is 7.05 Å². The molecule has 0 aliphatic rings. The molecule has 0 aromatic carbocycles. The standard InChI is InChI=1S/C5H13NO4.C2HF3O2/c1-6(9-4-2-7)10-5-3-8;3-2(4,5)1(6)7/h7-8H,2-5H2,1H3;(H,6,7). The summed E-state index contributed by atoms with van der Waals surface area (Å²) in [6, 6.07) is 0. The summed E-state index contributed by atoms with van der Waals surface area (Å²) < 4.78 is 31.7. The Morgan fingerprint density at radius 3 is 1.65 bits per heavy atom. The second kappa shape index (κ2) is 10.2. The molecule has 7 nitrogen and oxygen atoms in total. The first kappa shape index (κ1) is 18.4. The molecule has 0 rings (SSSR count). The highest BCUT2D eigenvalue weighted by molar-refractivity contribution is 5.73. The van der Waals surface area contributed by atoms with E-state index in [-0.39, 0.29) is 26.4 Å². The number of carboxylic acids is 1. The number of aliphatic hydroxyl groups excluding tert-OH is 2. The van der Waals surface area contributed by atoms with E-state index in [1.165, 1.54) is 0 Å². The van der Waals surface area contributed by atoms with Gasteiger partial charge in [0.2, 0.25) is 0 Å². The molecule has 10 heteroatoms. The van der Waals surface area contributed by atoms with Crippen molar-refractivity contribution in [3.05, 3.63) is 0 Å². The minimum Gasteiger partial charge on any atom is -0.475 e. The number of rotatable bonds is 6.